The minimum Gasteiger partial charge on any atom is -0.454 e. The highest BCUT2D eigenvalue weighted by Gasteiger charge is 2.13. The van der Waals surface area contributed by atoms with Gasteiger partial charge >= 0.3 is 0 Å². The van der Waals surface area contributed by atoms with Gasteiger partial charge in [-0.05, 0) is 48.7 Å². The molecule has 5 rings (SSSR count). The third kappa shape index (κ3) is 3.36. The molecule has 0 radical (unpaired) electrons. The van der Waals surface area contributed by atoms with Gasteiger partial charge in [0.1, 0.15) is 12.1 Å². The molecule has 28 heavy (non-hydrogen) atoms. The Morgan fingerprint density at radius 3 is 2.79 bits per heavy atom. The van der Waals surface area contributed by atoms with Gasteiger partial charge in [0.05, 0.1) is 22.8 Å². The van der Waals surface area contributed by atoms with Crippen LogP contribution >= 0.6 is 11.3 Å². The van der Waals surface area contributed by atoms with Crippen LogP contribution in [0.5, 0.6) is 11.5 Å². The predicted molar refractivity (Wildman–Crippen MR) is 109 cm³/mol. The Kier molecular flexibility index (Phi) is 4.29. The summed E-state index contributed by atoms with van der Waals surface area (Å²) in [5.74, 6) is 2.44. The number of nitrogens with zero attached hydrogens (tertiary/aromatic N) is 3. The van der Waals surface area contributed by atoms with Crippen molar-refractivity contribution in [2.45, 2.75) is 19.9 Å². The van der Waals surface area contributed by atoms with Crippen molar-refractivity contribution in [2.75, 3.05) is 12.1 Å². The number of thiazole rings is 1. The highest BCUT2D eigenvalue weighted by Crippen LogP contribution is 2.33. The van der Waals surface area contributed by atoms with E-state index in [0.717, 1.165) is 45.3 Å². The van der Waals surface area contributed by atoms with Crippen LogP contribution in [0, 0.1) is 6.92 Å². The first-order chi connectivity index (χ1) is 13.7. The van der Waals surface area contributed by atoms with Gasteiger partial charge in [-0.1, -0.05) is 12.1 Å². The molecule has 0 unspecified atom stereocenters. The number of hydrogen-bond donors (Lipinski definition) is 1. The molecule has 3 heterocycles. The lowest BCUT2D eigenvalue weighted by molar-refractivity contribution is 0.174. The number of benzene rings is 2. The summed E-state index contributed by atoms with van der Waals surface area (Å²) >= 11 is 1.65. The topological polar surface area (TPSA) is 69.2 Å². The molecule has 2 aromatic heterocycles. The van der Waals surface area contributed by atoms with E-state index in [1.165, 1.54) is 11.1 Å². The van der Waals surface area contributed by atoms with Gasteiger partial charge < -0.3 is 14.8 Å². The van der Waals surface area contributed by atoms with E-state index in [0.29, 0.717) is 13.3 Å². The molecule has 0 saturated heterocycles. The number of fused-ring (bicyclic) bond motifs is 2. The highest BCUT2D eigenvalue weighted by molar-refractivity contribution is 7.09. The van der Waals surface area contributed by atoms with Crippen LogP contribution in [0.4, 0.5) is 5.82 Å². The summed E-state index contributed by atoms with van der Waals surface area (Å²) in [6.45, 7) is 2.94. The Morgan fingerprint density at radius 1 is 1.04 bits per heavy atom. The third-order valence-corrected chi connectivity index (χ3v) is 5.47. The van der Waals surface area contributed by atoms with Gasteiger partial charge in [-0.2, -0.15) is 0 Å². The van der Waals surface area contributed by atoms with Crippen molar-refractivity contribution in [3.8, 4) is 11.5 Å². The average Bonchev–Trinajstić information content (AvgIpc) is 3.34. The molecule has 0 bridgehead atoms. The number of aromatic nitrogens is 3. The van der Waals surface area contributed by atoms with Crippen LogP contribution in [0.15, 0.2) is 48.1 Å². The summed E-state index contributed by atoms with van der Waals surface area (Å²) in [4.78, 5) is 13.3. The fourth-order valence-corrected chi connectivity index (χ4v) is 3.92. The smallest absolute Gasteiger partial charge is 0.231 e. The summed E-state index contributed by atoms with van der Waals surface area (Å²) in [6.07, 6.45) is 2.39. The Labute approximate surface area is 166 Å². The van der Waals surface area contributed by atoms with Crippen molar-refractivity contribution in [3.05, 3.63) is 69.9 Å². The second-order valence-corrected chi connectivity index (χ2v) is 7.71. The quantitative estimate of drug-likeness (QED) is 0.547. The molecule has 1 N–H and O–H groups in total. The van der Waals surface area contributed by atoms with Crippen LogP contribution in [-0.4, -0.2) is 21.7 Å². The van der Waals surface area contributed by atoms with Crippen LogP contribution in [0.2, 0.25) is 0 Å². The van der Waals surface area contributed by atoms with E-state index in [4.69, 9.17) is 9.47 Å². The molecule has 4 aromatic rings. The Hall–Kier alpha value is -3.19. The zero-order valence-corrected chi connectivity index (χ0v) is 16.1. The number of aryl methyl sites for hydroxylation is 1. The third-order valence-electron chi connectivity index (χ3n) is 4.65. The predicted octanol–water partition coefficient (Wildman–Crippen LogP) is 4.33. The van der Waals surface area contributed by atoms with E-state index >= 15 is 0 Å². The minimum absolute atomic E-state index is 0.291. The normalized spacial score (nSPS) is 12.5. The number of anilines is 1. The average molecular weight is 390 g/mol. The molecule has 0 atom stereocenters. The lowest BCUT2D eigenvalue weighted by Crippen LogP contribution is -2.03. The van der Waals surface area contributed by atoms with Crippen molar-refractivity contribution in [3.63, 3.8) is 0 Å². The molecule has 2 aromatic carbocycles. The van der Waals surface area contributed by atoms with Gasteiger partial charge in [-0.15, -0.1) is 11.3 Å². The van der Waals surface area contributed by atoms with E-state index < -0.39 is 0 Å². The summed E-state index contributed by atoms with van der Waals surface area (Å²) in [6, 6.07) is 12.4. The summed E-state index contributed by atoms with van der Waals surface area (Å²) < 4.78 is 10.9. The van der Waals surface area contributed by atoms with Crippen molar-refractivity contribution < 1.29 is 9.47 Å². The SMILES string of the molecule is Cc1nc(CNc2ncnc3ccc(Cc4ccc5c(c4)OCO5)cc23)cs1. The second kappa shape index (κ2) is 7.09. The highest BCUT2D eigenvalue weighted by atomic mass is 32.1. The minimum atomic E-state index is 0.291. The molecule has 0 spiro atoms. The number of nitrogens with one attached hydrogen (secondary N) is 1. The summed E-state index contributed by atoms with van der Waals surface area (Å²) in [5, 5.41) is 7.54. The van der Waals surface area contributed by atoms with E-state index in [-0.39, 0.29) is 0 Å². The summed E-state index contributed by atoms with van der Waals surface area (Å²) in [7, 11) is 0. The zero-order valence-electron chi connectivity index (χ0n) is 15.3. The van der Waals surface area contributed by atoms with Gasteiger partial charge in [-0.25, -0.2) is 15.0 Å². The lowest BCUT2D eigenvalue weighted by Gasteiger charge is -2.09. The largest absolute Gasteiger partial charge is 0.454 e. The molecule has 0 fully saturated rings. The lowest BCUT2D eigenvalue weighted by atomic mass is 10.0. The first-order valence-electron chi connectivity index (χ1n) is 9.02. The van der Waals surface area contributed by atoms with E-state index in [1.807, 2.05) is 25.1 Å². The van der Waals surface area contributed by atoms with Crippen LogP contribution in [0.3, 0.4) is 0 Å². The van der Waals surface area contributed by atoms with Gasteiger partial charge in [-0.3, -0.25) is 0 Å². The standard InChI is InChI=1S/C21H18N4O2S/c1-13-25-16(10-28-13)9-22-21-17-7-14(2-4-18(17)23-11-24-21)6-15-3-5-19-20(8-15)27-12-26-19/h2-5,7-8,10-11H,6,9,12H2,1H3,(H,22,23,24). The van der Waals surface area contributed by atoms with E-state index in [1.54, 1.807) is 17.7 Å². The first kappa shape index (κ1) is 16.9. The molecule has 0 amide bonds. The molecular formula is C21H18N4O2S. The molecular weight excluding hydrogens is 372 g/mol. The number of ether oxygens (including phenoxy) is 2. The molecule has 0 saturated carbocycles. The maximum Gasteiger partial charge on any atom is 0.231 e. The Balaban J connectivity index is 1.41. The Morgan fingerprint density at radius 2 is 1.89 bits per heavy atom. The van der Waals surface area contributed by atoms with Crippen LogP contribution < -0.4 is 14.8 Å². The summed E-state index contributed by atoms with van der Waals surface area (Å²) in [5.41, 5.74) is 4.30. The molecule has 1 aliphatic heterocycles. The van der Waals surface area contributed by atoms with Crippen LogP contribution in [0.25, 0.3) is 10.9 Å². The first-order valence-corrected chi connectivity index (χ1v) is 9.89. The van der Waals surface area contributed by atoms with Crippen molar-refractivity contribution in [1.29, 1.82) is 0 Å². The van der Waals surface area contributed by atoms with E-state index in [2.05, 4.69) is 43.8 Å². The monoisotopic (exact) mass is 390 g/mol. The molecule has 7 heteroatoms. The van der Waals surface area contributed by atoms with Gasteiger partial charge in [0.2, 0.25) is 6.79 Å². The molecule has 0 aliphatic carbocycles. The maximum atomic E-state index is 5.48. The van der Waals surface area contributed by atoms with Gasteiger partial charge in [0.25, 0.3) is 0 Å². The van der Waals surface area contributed by atoms with E-state index in [9.17, 15) is 0 Å². The van der Waals surface area contributed by atoms with Crippen LogP contribution in [0.1, 0.15) is 21.8 Å². The molecule has 140 valence electrons. The maximum absolute atomic E-state index is 5.48. The fourth-order valence-electron chi connectivity index (χ4n) is 3.30. The van der Waals surface area contributed by atoms with Gasteiger partial charge in [0, 0.05) is 10.8 Å². The molecule has 6 nitrogen and oxygen atoms in total. The Bertz CT molecular complexity index is 1160. The van der Waals surface area contributed by atoms with Crippen molar-refractivity contribution in [1.82, 2.24) is 15.0 Å². The van der Waals surface area contributed by atoms with Gasteiger partial charge in [0.15, 0.2) is 11.5 Å². The van der Waals surface area contributed by atoms with Crippen molar-refractivity contribution in [2.24, 2.45) is 0 Å². The number of rotatable bonds is 5. The fraction of sp³-hybridized carbons (Fsp3) is 0.190. The second-order valence-electron chi connectivity index (χ2n) is 6.65. The number of hydrogen-bond acceptors (Lipinski definition) is 7. The zero-order chi connectivity index (χ0) is 18.9. The van der Waals surface area contributed by atoms with Crippen LogP contribution in [-0.2, 0) is 13.0 Å². The molecule has 1 aliphatic rings. The van der Waals surface area contributed by atoms with Crippen molar-refractivity contribution >= 4 is 28.1 Å².